The van der Waals surface area contributed by atoms with Gasteiger partial charge < -0.3 is 0 Å². The number of benzene rings is 1. The Bertz CT molecular complexity index is 1190. The Morgan fingerprint density at radius 1 is 1.17 bits per heavy atom. The highest BCUT2D eigenvalue weighted by molar-refractivity contribution is 7.19. The van der Waals surface area contributed by atoms with E-state index in [-0.39, 0.29) is 6.71 Å². The highest BCUT2D eigenvalue weighted by Crippen LogP contribution is 2.34. The van der Waals surface area contributed by atoms with Crippen molar-refractivity contribution in [3.8, 4) is 16.5 Å². The monoisotopic (exact) mass is 402 g/mol. The fourth-order valence-electron chi connectivity index (χ4n) is 4.52. The van der Waals surface area contributed by atoms with Crippen LogP contribution < -0.4 is 0 Å². The van der Waals surface area contributed by atoms with Crippen molar-refractivity contribution in [3.63, 3.8) is 0 Å². The van der Waals surface area contributed by atoms with Gasteiger partial charge in [-0.2, -0.15) is 10.2 Å². The van der Waals surface area contributed by atoms with E-state index in [9.17, 15) is 5.26 Å². The maximum Gasteiger partial charge on any atom is 0.267 e. The van der Waals surface area contributed by atoms with Gasteiger partial charge in [0.15, 0.2) is 0 Å². The third-order valence-corrected chi connectivity index (χ3v) is 7.01. The summed E-state index contributed by atoms with van der Waals surface area (Å²) in [4.78, 5) is 5.87. The van der Waals surface area contributed by atoms with Gasteiger partial charge in [0.1, 0.15) is 5.01 Å². The lowest BCUT2D eigenvalue weighted by Crippen LogP contribution is -2.14. The van der Waals surface area contributed by atoms with Crippen LogP contribution >= 0.6 is 11.3 Å². The molecule has 0 spiro atoms. The normalized spacial score (nSPS) is 16.2. The van der Waals surface area contributed by atoms with Crippen molar-refractivity contribution in [3.05, 3.63) is 35.8 Å². The molecule has 146 valence electrons. The molecule has 0 bridgehead atoms. The molecule has 1 aliphatic heterocycles. The summed E-state index contributed by atoms with van der Waals surface area (Å²) < 4.78 is 3.80. The van der Waals surface area contributed by atoms with Crippen molar-refractivity contribution in [1.29, 1.82) is 5.26 Å². The number of aromatic nitrogens is 5. The quantitative estimate of drug-likeness (QED) is 0.449. The van der Waals surface area contributed by atoms with Gasteiger partial charge in [-0.25, -0.2) is 14.8 Å². The minimum atomic E-state index is 0.242. The first kappa shape index (κ1) is 18.4. The molecule has 0 saturated carbocycles. The predicted octanol–water partition coefficient (Wildman–Crippen LogP) is 4.87. The van der Waals surface area contributed by atoms with Gasteiger partial charge in [-0.3, -0.25) is 4.68 Å². The minimum absolute atomic E-state index is 0.242. The molecule has 1 aliphatic rings. The lowest BCUT2D eigenvalue weighted by molar-refractivity contribution is 0.538. The standard InChI is InChI=1S/C21H23BN6S/c1-14-9-16(10-17-11-27(2)25-19(14)17)20-26-28-12-18(24-21(28)29-20)15-5-3-7-22(13-23)8-4-6-15/h9-12,15H,3-8H2,1-2H3. The molecule has 0 unspecified atom stereocenters. The second kappa shape index (κ2) is 7.31. The molecule has 1 aromatic carbocycles. The van der Waals surface area contributed by atoms with Gasteiger partial charge >= 0.3 is 0 Å². The first-order chi connectivity index (χ1) is 14.1. The Balaban J connectivity index is 1.41. The molecule has 4 heterocycles. The summed E-state index contributed by atoms with van der Waals surface area (Å²) in [5.41, 5.74) is 4.48. The number of hydrogen-bond acceptors (Lipinski definition) is 5. The molecule has 0 aliphatic carbocycles. The number of fused-ring (bicyclic) bond motifs is 2. The van der Waals surface area contributed by atoms with Crippen LogP contribution in [0.1, 0.15) is 42.9 Å². The van der Waals surface area contributed by atoms with Gasteiger partial charge in [0, 0.05) is 36.1 Å². The molecule has 0 amide bonds. The van der Waals surface area contributed by atoms with E-state index in [0.717, 1.165) is 76.0 Å². The van der Waals surface area contributed by atoms with Gasteiger partial charge in [-0.05, 0) is 37.5 Å². The van der Waals surface area contributed by atoms with Gasteiger partial charge in [0.25, 0.3) is 6.71 Å². The average molecular weight is 402 g/mol. The molecular weight excluding hydrogens is 379 g/mol. The minimum Gasteiger partial charge on any atom is -0.275 e. The summed E-state index contributed by atoms with van der Waals surface area (Å²) in [6, 6.07) is 4.32. The molecule has 0 atom stereocenters. The van der Waals surface area contributed by atoms with Crippen molar-refractivity contribution in [2.75, 3.05) is 0 Å². The van der Waals surface area contributed by atoms with Crippen molar-refractivity contribution < 1.29 is 0 Å². The number of rotatable bonds is 2. The summed E-state index contributed by atoms with van der Waals surface area (Å²) in [7, 11) is 1.95. The Morgan fingerprint density at radius 2 is 1.97 bits per heavy atom. The van der Waals surface area contributed by atoms with Crippen LogP contribution in [0.15, 0.2) is 24.5 Å². The number of nitrogens with zero attached hydrogens (tertiary/aromatic N) is 6. The molecule has 29 heavy (non-hydrogen) atoms. The number of nitriles is 1. The highest BCUT2D eigenvalue weighted by atomic mass is 32.1. The summed E-state index contributed by atoms with van der Waals surface area (Å²) >= 11 is 1.64. The number of imidazole rings is 1. The van der Waals surface area contributed by atoms with Crippen molar-refractivity contribution in [2.45, 2.75) is 51.2 Å². The molecule has 1 fully saturated rings. The van der Waals surface area contributed by atoms with Crippen LogP contribution in [0.25, 0.3) is 26.4 Å². The van der Waals surface area contributed by atoms with Crippen LogP contribution in [0.5, 0.6) is 0 Å². The molecular formula is C21H23BN6S. The largest absolute Gasteiger partial charge is 0.275 e. The second-order valence-electron chi connectivity index (χ2n) is 8.22. The zero-order valence-electron chi connectivity index (χ0n) is 16.8. The maximum absolute atomic E-state index is 9.18. The first-order valence-corrected chi connectivity index (χ1v) is 11.1. The van der Waals surface area contributed by atoms with E-state index in [4.69, 9.17) is 10.1 Å². The van der Waals surface area contributed by atoms with E-state index < -0.39 is 0 Å². The zero-order valence-corrected chi connectivity index (χ0v) is 17.6. The molecule has 0 radical (unpaired) electrons. The summed E-state index contributed by atoms with van der Waals surface area (Å²) in [5.74, 6) is 2.94. The summed E-state index contributed by atoms with van der Waals surface area (Å²) in [5, 5.41) is 20.7. The second-order valence-corrected chi connectivity index (χ2v) is 9.17. The van der Waals surface area contributed by atoms with Crippen molar-refractivity contribution in [2.24, 2.45) is 7.05 Å². The summed E-state index contributed by atoms with van der Waals surface area (Å²) in [6.45, 7) is 2.34. The Labute approximate surface area is 174 Å². The lowest BCUT2D eigenvalue weighted by Gasteiger charge is -2.18. The average Bonchev–Trinajstić information content (AvgIpc) is 3.34. The van der Waals surface area contributed by atoms with E-state index in [1.165, 1.54) is 0 Å². The van der Waals surface area contributed by atoms with Crippen LogP contribution in [-0.2, 0) is 7.05 Å². The van der Waals surface area contributed by atoms with Crippen LogP contribution in [0.2, 0.25) is 12.6 Å². The van der Waals surface area contributed by atoms with E-state index in [1.54, 1.807) is 11.3 Å². The SMILES string of the molecule is Cc1cc(-c2nn3cc(C4CCCB(C#N)CCC4)nc3s2)cc2cn(C)nc12. The number of hydrogen-bond donors (Lipinski definition) is 0. The molecule has 0 N–H and O–H groups in total. The van der Waals surface area contributed by atoms with Crippen LogP contribution in [-0.4, -0.2) is 31.1 Å². The lowest BCUT2D eigenvalue weighted by atomic mass is 9.44. The third-order valence-electron chi connectivity index (χ3n) is 6.03. The maximum atomic E-state index is 9.18. The van der Waals surface area contributed by atoms with Gasteiger partial charge in [-0.15, -0.1) is 0 Å². The Hall–Kier alpha value is -2.66. The molecule has 4 aromatic rings. The van der Waals surface area contributed by atoms with Gasteiger partial charge in [0.2, 0.25) is 4.96 Å². The first-order valence-electron chi connectivity index (χ1n) is 10.3. The van der Waals surface area contributed by atoms with E-state index in [2.05, 4.69) is 36.3 Å². The predicted molar refractivity (Wildman–Crippen MR) is 117 cm³/mol. The summed E-state index contributed by atoms with van der Waals surface area (Å²) in [6.07, 6.45) is 10.7. The molecule has 8 heteroatoms. The van der Waals surface area contributed by atoms with Crippen LogP contribution in [0.4, 0.5) is 0 Å². The van der Waals surface area contributed by atoms with Gasteiger partial charge in [0.05, 0.1) is 17.4 Å². The van der Waals surface area contributed by atoms with Crippen molar-refractivity contribution >= 4 is 33.9 Å². The Kier molecular flexibility index (Phi) is 4.63. The van der Waals surface area contributed by atoms with E-state index in [0.29, 0.717) is 5.92 Å². The highest BCUT2D eigenvalue weighted by Gasteiger charge is 2.23. The smallest absolute Gasteiger partial charge is 0.267 e. The van der Waals surface area contributed by atoms with Gasteiger partial charge in [-0.1, -0.05) is 36.8 Å². The van der Waals surface area contributed by atoms with E-state index >= 15 is 0 Å². The van der Waals surface area contributed by atoms with E-state index in [1.807, 2.05) is 22.4 Å². The fourth-order valence-corrected chi connectivity index (χ4v) is 5.39. The topological polar surface area (TPSA) is 71.8 Å². The Morgan fingerprint density at radius 3 is 2.69 bits per heavy atom. The van der Waals surface area contributed by atoms with Crippen LogP contribution in [0, 0.1) is 18.2 Å². The third kappa shape index (κ3) is 3.44. The van der Waals surface area contributed by atoms with Crippen LogP contribution in [0.3, 0.4) is 0 Å². The zero-order chi connectivity index (χ0) is 20.0. The molecule has 5 rings (SSSR count). The molecule has 3 aromatic heterocycles. The molecule has 1 saturated heterocycles. The number of aryl methyl sites for hydroxylation is 2. The van der Waals surface area contributed by atoms with Crippen molar-refractivity contribution in [1.82, 2.24) is 24.4 Å². The fraction of sp³-hybridized carbons (Fsp3) is 0.429. The molecule has 6 nitrogen and oxygen atoms in total.